The summed E-state index contributed by atoms with van der Waals surface area (Å²) < 4.78 is 10.5. The molecule has 5 nitrogen and oxygen atoms in total. The highest BCUT2D eigenvalue weighted by Crippen LogP contribution is 2.18. The summed E-state index contributed by atoms with van der Waals surface area (Å²) in [6.45, 7) is 3.13. The van der Waals surface area contributed by atoms with Gasteiger partial charge in [0.15, 0.2) is 5.82 Å². The zero-order valence-electron chi connectivity index (χ0n) is 9.72. The van der Waals surface area contributed by atoms with Crippen LogP contribution in [0.15, 0.2) is 28.8 Å². The van der Waals surface area contributed by atoms with Gasteiger partial charge in [0.05, 0.1) is 0 Å². The van der Waals surface area contributed by atoms with Crippen LogP contribution < -0.4 is 5.73 Å². The van der Waals surface area contributed by atoms with Crippen molar-refractivity contribution in [3.8, 4) is 11.5 Å². The Bertz CT molecular complexity index is 465. The molecule has 0 amide bonds. The van der Waals surface area contributed by atoms with Crippen LogP contribution in [-0.4, -0.2) is 16.7 Å². The second-order valence-electron chi connectivity index (χ2n) is 3.69. The molecule has 2 rings (SSSR count). The third-order valence-corrected chi connectivity index (χ3v) is 2.21. The standard InChI is InChI=1S/C12H15N3O2/c1-2-7-16-8-11-14-12(17-15-11)9-3-5-10(13)6-4-9/h3-6H,2,7-8,13H2,1H3. The van der Waals surface area contributed by atoms with E-state index in [1.807, 2.05) is 12.1 Å². The summed E-state index contributed by atoms with van der Waals surface area (Å²) in [5.41, 5.74) is 7.17. The maximum Gasteiger partial charge on any atom is 0.258 e. The monoisotopic (exact) mass is 233 g/mol. The van der Waals surface area contributed by atoms with Gasteiger partial charge in [0, 0.05) is 17.9 Å². The molecule has 17 heavy (non-hydrogen) atoms. The number of anilines is 1. The molecule has 0 aliphatic rings. The Morgan fingerprint density at radius 3 is 2.76 bits per heavy atom. The molecule has 90 valence electrons. The summed E-state index contributed by atoms with van der Waals surface area (Å²) >= 11 is 0. The maximum absolute atomic E-state index is 5.60. The average molecular weight is 233 g/mol. The molecule has 2 aromatic rings. The molecule has 0 fully saturated rings. The summed E-state index contributed by atoms with van der Waals surface area (Å²) in [5, 5.41) is 3.84. The van der Waals surface area contributed by atoms with E-state index in [2.05, 4.69) is 17.1 Å². The number of hydrogen-bond acceptors (Lipinski definition) is 5. The molecule has 0 bridgehead atoms. The predicted molar refractivity (Wildman–Crippen MR) is 64.1 cm³/mol. The third kappa shape index (κ3) is 3.04. The number of benzene rings is 1. The number of nitrogens with two attached hydrogens (primary N) is 1. The molecule has 1 aromatic heterocycles. The largest absolute Gasteiger partial charge is 0.399 e. The second-order valence-corrected chi connectivity index (χ2v) is 3.69. The van der Waals surface area contributed by atoms with E-state index in [0.717, 1.165) is 12.0 Å². The van der Waals surface area contributed by atoms with Crippen molar-refractivity contribution in [1.82, 2.24) is 10.1 Å². The second kappa shape index (κ2) is 5.45. The van der Waals surface area contributed by atoms with E-state index in [9.17, 15) is 0 Å². The molecular weight excluding hydrogens is 218 g/mol. The normalized spacial score (nSPS) is 10.6. The van der Waals surface area contributed by atoms with Crippen molar-refractivity contribution in [3.05, 3.63) is 30.1 Å². The van der Waals surface area contributed by atoms with E-state index < -0.39 is 0 Å². The van der Waals surface area contributed by atoms with E-state index in [1.165, 1.54) is 0 Å². The van der Waals surface area contributed by atoms with Gasteiger partial charge in [0.1, 0.15) is 6.61 Å². The summed E-state index contributed by atoms with van der Waals surface area (Å²) in [7, 11) is 0. The molecule has 0 unspecified atom stereocenters. The number of rotatable bonds is 5. The highest BCUT2D eigenvalue weighted by molar-refractivity contribution is 5.56. The van der Waals surface area contributed by atoms with E-state index in [4.69, 9.17) is 15.0 Å². The lowest BCUT2D eigenvalue weighted by molar-refractivity contribution is 0.114. The lowest BCUT2D eigenvalue weighted by atomic mass is 10.2. The van der Waals surface area contributed by atoms with Crippen LogP contribution in [0.25, 0.3) is 11.5 Å². The van der Waals surface area contributed by atoms with Crippen molar-refractivity contribution in [2.24, 2.45) is 0 Å². The van der Waals surface area contributed by atoms with Gasteiger partial charge in [0.2, 0.25) is 0 Å². The van der Waals surface area contributed by atoms with Crippen molar-refractivity contribution in [3.63, 3.8) is 0 Å². The number of ether oxygens (including phenoxy) is 1. The van der Waals surface area contributed by atoms with Gasteiger partial charge in [0.25, 0.3) is 5.89 Å². The summed E-state index contributed by atoms with van der Waals surface area (Å²) in [5.74, 6) is 1.05. The minimum atomic E-state index is 0.381. The molecule has 0 aliphatic carbocycles. The quantitative estimate of drug-likeness (QED) is 0.633. The van der Waals surface area contributed by atoms with Crippen LogP contribution in [0.5, 0.6) is 0 Å². The van der Waals surface area contributed by atoms with Crippen LogP contribution >= 0.6 is 0 Å². The minimum absolute atomic E-state index is 0.381. The summed E-state index contributed by atoms with van der Waals surface area (Å²) in [6.07, 6.45) is 0.975. The Morgan fingerprint density at radius 2 is 2.06 bits per heavy atom. The Labute approximate surface area is 99.6 Å². The maximum atomic E-state index is 5.60. The number of hydrogen-bond donors (Lipinski definition) is 1. The lowest BCUT2D eigenvalue weighted by Crippen LogP contribution is -1.95. The van der Waals surface area contributed by atoms with E-state index >= 15 is 0 Å². The fourth-order valence-electron chi connectivity index (χ4n) is 1.36. The number of nitrogens with zero attached hydrogens (tertiary/aromatic N) is 2. The molecule has 5 heteroatoms. The molecular formula is C12H15N3O2. The fourth-order valence-corrected chi connectivity index (χ4v) is 1.36. The molecule has 0 radical (unpaired) electrons. The van der Waals surface area contributed by atoms with Crippen molar-refractivity contribution in [2.75, 3.05) is 12.3 Å². The molecule has 0 atom stereocenters. The van der Waals surface area contributed by atoms with Crippen molar-refractivity contribution in [2.45, 2.75) is 20.0 Å². The van der Waals surface area contributed by atoms with Gasteiger partial charge in [-0.3, -0.25) is 0 Å². The van der Waals surface area contributed by atoms with Crippen LogP contribution in [0, 0.1) is 0 Å². The third-order valence-electron chi connectivity index (χ3n) is 2.21. The van der Waals surface area contributed by atoms with Gasteiger partial charge in [-0.2, -0.15) is 4.98 Å². The summed E-state index contributed by atoms with van der Waals surface area (Å²) in [4.78, 5) is 4.24. The van der Waals surface area contributed by atoms with Crippen LogP contribution in [0.1, 0.15) is 19.2 Å². The van der Waals surface area contributed by atoms with E-state index in [0.29, 0.717) is 30.6 Å². The molecule has 0 saturated heterocycles. The van der Waals surface area contributed by atoms with Crippen LogP contribution in [0.4, 0.5) is 5.69 Å². The van der Waals surface area contributed by atoms with Gasteiger partial charge >= 0.3 is 0 Å². The van der Waals surface area contributed by atoms with Crippen molar-refractivity contribution < 1.29 is 9.26 Å². The Morgan fingerprint density at radius 1 is 1.29 bits per heavy atom. The Hall–Kier alpha value is -1.88. The first-order chi connectivity index (χ1) is 8.29. The lowest BCUT2D eigenvalue weighted by Gasteiger charge is -1.96. The number of aromatic nitrogens is 2. The van der Waals surface area contributed by atoms with Crippen molar-refractivity contribution >= 4 is 5.69 Å². The SMILES string of the molecule is CCCOCc1noc(-c2ccc(N)cc2)n1. The first-order valence-electron chi connectivity index (χ1n) is 5.56. The smallest absolute Gasteiger partial charge is 0.258 e. The Kier molecular flexibility index (Phi) is 3.72. The van der Waals surface area contributed by atoms with Gasteiger partial charge < -0.3 is 15.0 Å². The fraction of sp³-hybridized carbons (Fsp3) is 0.333. The highest BCUT2D eigenvalue weighted by Gasteiger charge is 2.08. The first kappa shape index (κ1) is 11.6. The molecule has 2 N–H and O–H groups in total. The zero-order chi connectivity index (χ0) is 12.1. The van der Waals surface area contributed by atoms with Gasteiger partial charge in [-0.15, -0.1) is 0 Å². The Balaban J connectivity index is 2.04. The van der Waals surface area contributed by atoms with E-state index in [1.54, 1.807) is 12.1 Å². The molecule has 0 aliphatic heterocycles. The van der Waals surface area contributed by atoms with Crippen LogP contribution in [0.2, 0.25) is 0 Å². The summed E-state index contributed by atoms with van der Waals surface area (Å²) in [6, 6.07) is 7.29. The topological polar surface area (TPSA) is 74.2 Å². The minimum Gasteiger partial charge on any atom is -0.399 e. The number of nitrogen functional groups attached to an aromatic ring is 1. The molecule has 0 spiro atoms. The van der Waals surface area contributed by atoms with Crippen LogP contribution in [0.3, 0.4) is 0 Å². The highest BCUT2D eigenvalue weighted by atomic mass is 16.5. The molecule has 1 heterocycles. The molecule has 0 saturated carbocycles. The molecule has 1 aromatic carbocycles. The van der Waals surface area contributed by atoms with Gasteiger partial charge in [-0.05, 0) is 30.7 Å². The predicted octanol–water partition coefficient (Wildman–Crippen LogP) is 2.25. The van der Waals surface area contributed by atoms with Gasteiger partial charge in [-0.25, -0.2) is 0 Å². The van der Waals surface area contributed by atoms with Gasteiger partial charge in [-0.1, -0.05) is 12.1 Å². The zero-order valence-corrected chi connectivity index (χ0v) is 9.72. The average Bonchev–Trinajstić information content (AvgIpc) is 2.79. The van der Waals surface area contributed by atoms with Crippen molar-refractivity contribution in [1.29, 1.82) is 0 Å². The van der Waals surface area contributed by atoms with Crippen LogP contribution in [-0.2, 0) is 11.3 Å². The van der Waals surface area contributed by atoms with E-state index in [-0.39, 0.29) is 0 Å². The first-order valence-corrected chi connectivity index (χ1v) is 5.56.